The summed E-state index contributed by atoms with van der Waals surface area (Å²) in [5.41, 5.74) is 2.21. The molecule has 1 aromatic rings. The van der Waals surface area contributed by atoms with Crippen LogP contribution < -0.4 is 9.47 Å². The number of unbranched alkanes of at least 4 members (excludes halogenated alkanes) is 13. The second-order valence-electron chi connectivity index (χ2n) is 15.0. The molecular weight excluding hydrogens is 562 g/mol. The standard InChI is InChI=1S/C39H59NO5/c1-3-4-5-6-7-8-9-10-11-12-13-14-15-16-25-43-37(41)45-33-20-19-31-26-34-39(42)22-21-29(2)32-28-44-36(33)35(31)38(32,39)23-24-40(34)27-30-17-18-30/h19-20,30,32,34,42H,2-18,21-28H2,1H3/t32-,34?,38+,39+/m0/s1. The molecule has 1 aromatic carbocycles. The van der Waals surface area contributed by atoms with Crippen molar-refractivity contribution in [3.63, 3.8) is 0 Å². The molecule has 6 nitrogen and oxygen atoms in total. The topological polar surface area (TPSA) is 68.2 Å². The van der Waals surface area contributed by atoms with E-state index in [0.29, 0.717) is 24.7 Å². The first-order valence-corrected chi connectivity index (χ1v) is 18.8. The second kappa shape index (κ2) is 14.8. The number of carbonyl (C=O) groups is 1. The van der Waals surface area contributed by atoms with Gasteiger partial charge in [0.1, 0.15) is 0 Å². The predicted molar refractivity (Wildman–Crippen MR) is 179 cm³/mol. The van der Waals surface area contributed by atoms with Crippen molar-refractivity contribution in [2.45, 2.75) is 152 Å². The van der Waals surface area contributed by atoms with Crippen molar-refractivity contribution in [2.75, 3.05) is 26.3 Å². The maximum absolute atomic E-state index is 12.8. The summed E-state index contributed by atoms with van der Waals surface area (Å²) in [6.45, 7) is 9.66. The van der Waals surface area contributed by atoms with Gasteiger partial charge in [0, 0.05) is 29.5 Å². The molecule has 3 aliphatic carbocycles. The number of aliphatic hydroxyl groups is 1. The van der Waals surface area contributed by atoms with Gasteiger partial charge in [-0.2, -0.15) is 0 Å². The predicted octanol–water partition coefficient (Wildman–Crippen LogP) is 9.05. The van der Waals surface area contributed by atoms with E-state index in [0.717, 1.165) is 63.1 Å². The average molecular weight is 622 g/mol. The summed E-state index contributed by atoms with van der Waals surface area (Å²) < 4.78 is 17.7. The lowest BCUT2D eigenvalue weighted by Gasteiger charge is -2.67. The minimum absolute atomic E-state index is 0.0795. The third-order valence-electron chi connectivity index (χ3n) is 12.0. The van der Waals surface area contributed by atoms with Crippen molar-refractivity contribution in [3.05, 3.63) is 35.4 Å². The second-order valence-corrected chi connectivity index (χ2v) is 15.0. The fraction of sp³-hybridized carbons (Fsp3) is 0.769. The quantitative estimate of drug-likeness (QED) is 0.0763. The Bertz CT molecular complexity index is 1180. The normalized spacial score (nSPS) is 28.4. The Labute approximate surface area is 272 Å². The maximum atomic E-state index is 12.8. The zero-order valence-electron chi connectivity index (χ0n) is 28.1. The van der Waals surface area contributed by atoms with E-state index in [1.54, 1.807) is 0 Å². The molecule has 1 saturated heterocycles. The molecule has 0 aromatic heterocycles. The van der Waals surface area contributed by atoms with Gasteiger partial charge in [0.15, 0.2) is 11.5 Å². The highest BCUT2D eigenvalue weighted by atomic mass is 16.7. The summed E-state index contributed by atoms with van der Waals surface area (Å²) in [7, 11) is 0. The van der Waals surface area contributed by atoms with Crippen LogP contribution in [0.4, 0.5) is 4.79 Å². The highest BCUT2D eigenvalue weighted by Gasteiger charge is 2.69. The van der Waals surface area contributed by atoms with Crippen LogP contribution in [0.3, 0.4) is 0 Å². The molecule has 5 aliphatic rings. The Hall–Kier alpha value is -2.05. The summed E-state index contributed by atoms with van der Waals surface area (Å²) in [4.78, 5) is 15.4. The molecule has 45 heavy (non-hydrogen) atoms. The summed E-state index contributed by atoms with van der Waals surface area (Å²) in [5, 5.41) is 12.7. The molecule has 2 saturated carbocycles. The van der Waals surface area contributed by atoms with Gasteiger partial charge >= 0.3 is 6.16 Å². The van der Waals surface area contributed by atoms with Crippen molar-refractivity contribution in [1.82, 2.24) is 4.90 Å². The van der Waals surface area contributed by atoms with Gasteiger partial charge < -0.3 is 19.3 Å². The zero-order valence-corrected chi connectivity index (χ0v) is 28.1. The number of carbonyl (C=O) groups excluding carboxylic acids is 1. The minimum atomic E-state index is -0.829. The largest absolute Gasteiger partial charge is 0.513 e. The Balaban J connectivity index is 0.977. The van der Waals surface area contributed by atoms with Gasteiger partial charge in [0.25, 0.3) is 0 Å². The van der Waals surface area contributed by atoms with Crippen molar-refractivity contribution < 1.29 is 24.1 Å². The van der Waals surface area contributed by atoms with E-state index in [1.807, 2.05) is 6.07 Å². The van der Waals surface area contributed by atoms with Crippen molar-refractivity contribution in [2.24, 2.45) is 11.8 Å². The summed E-state index contributed by atoms with van der Waals surface area (Å²) in [6.07, 6.45) is 23.4. The van der Waals surface area contributed by atoms with E-state index >= 15 is 0 Å². The smallest absolute Gasteiger partial charge is 0.489 e. The molecule has 1 N–H and O–H groups in total. The monoisotopic (exact) mass is 621 g/mol. The fourth-order valence-corrected chi connectivity index (χ4v) is 9.39. The fourth-order valence-electron chi connectivity index (χ4n) is 9.39. The number of benzene rings is 1. The van der Waals surface area contributed by atoms with Gasteiger partial charge in [-0.15, -0.1) is 0 Å². The Morgan fingerprint density at radius 3 is 2.31 bits per heavy atom. The van der Waals surface area contributed by atoms with Crippen LogP contribution in [0.2, 0.25) is 0 Å². The average Bonchev–Trinajstić information content (AvgIpc) is 3.85. The van der Waals surface area contributed by atoms with E-state index in [1.165, 1.54) is 101 Å². The van der Waals surface area contributed by atoms with E-state index in [4.69, 9.17) is 14.2 Å². The Morgan fingerprint density at radius 2 is 1.64 bits per heavy atom. The third kappa shape index (κ3) is 6.84. The van der Waals surface area contributed by atoms with Crippen LogP contribution in [-0.2, 0) is 16.6 Å². The lowest BCUT2D eigenvalue weighted by atomic mass is 9.44. The molecule has 1 spiro atoms. The summed E-state index contributed by atoms with van der Waals surface area (Å²) in [5.74, 6) is 1.93. The van der Waals surface area contributed by atoms with E-state index in [-0.39, 0.29) is 12.0 Å². The molecule has 2 aliphatic heterocycles. The van der Waals surface area contributed by atoms with Crippen LogP contribution in [0.5, 0.6) is 11.5 Å². The van der Waals surface area contributed by atoms with E-state index in [9.17, 15) is 9.90 Å². The third-order valence-corrected chi connectivity index (χ3v) is 12.0. The molecule has 4 atom stereocenters. The summed E-state index contributed by atoms with van der Waals surface area (Å²) >= 11 is 0. The van der Waals surface area contributed by atoms with Crippen LogP contribution >= 0.6 is 0 Å². The maximum Gasteiger partial charge on any atom is 0.513 e. The van der Waals surface area contributed by atoms with Gasteiger partial charge in [-0.25, -0.2) is 4.79 Å². The lowest BCUT2D eigenvalue weighted by molar-refractivity contribution is -0.184. The van der Waals surface area contributed by atoms with Gasteiger partial charge in [-0.3, -0.25) is 4.90 Å². The van der Waals surface area contributed by atoms with Crippen molar-refractivity contribution >= 4 is 6.16 Å². The molecule has 250 valence electrons. The van der Waals surface area contributed by atoms with Gasteiger partial charge in [0.2, 0.25) is 0 Å². The molecule has 1 unspecified atom stereocenters. The van der Waals surface area contributed by atoms with Gasteiger partial charge in [-0.1, -0.05) is 109 Å². The number of rotatable bonds is 18. The SMILES string of the molecule is C=C1CC[C@@]2(O)C3Cc4ccc(OC(=O)OCCCCCCCCCCCCCCCC)c5c4[C@@]2(CCN3CC2CC2)[C@H]1CO5. The minimum Gasteiger partial charge on any atom is -0.489 e. The molecule has 0 amide bonds. The Kier molecular flexibility index (Phi) is 10.8. The number of likely N-dealkylation sites (tertiary alicyclic amines) is 1. The van der Waals surface area contributed by atoms with Crippen LogP contribution in [0.25, 0.3) is 0 Å². The summed E-state index contributed by atoms with van der Waals surface area (Å²) in [6, 6.07) is 4.09. The molecule has 2 bridgehead atoms. The Morgan fingerprint density at radius 1 is 0.978 bits per heavy atom. The number of hydrogen-bond donors (Lipinski definition) is 1. The highest BCUT2D eigenvalue weighted by Crippen LogP contribution is 2.66. The van der Waals surface area contributed by atoms with Gasteiger partial charge in [0.05, 0.1) is 18.8 Å². The van der Waals surface area contributed by atoms with E-state index in [2.05, 4.69) is 24.5 Å². The van der Waals surface area contributed by atoms with Crippen molar-refractivity contribution in [1.29, 1.82) is 0 Å². The number of nitrogens with zero attached hydrogens (tertiary/aromatic N) is 1. The van der Waals surface area contributed by atoms with Gasteiger partial charge in [-0.05, 0) is 69.0 Å². The van der Waals surface area contributed by atoms with Crippen molar-refractivity contribution in [3.8, 4) is 11.5 Å². The molecule has 2 heterocycles. The van der Waals surface area contributed by atoms with Crippen LogP contribution in [0.1, 0.15) is 140 Å². The zero-order chi connectivity index (χ0) is 31.3. The van der Waals surface area contributed by atoms with Crippen LogP contribution in [-0.4, -0.2) is 54.1 Å². The molecule has 0 radical (unpaired) electrons. The number of piperidine rings is 1. The number of hydrogen-bond acceptors (Lipinski definition) is 6. The highest BCUT2D eigenvalue weighted by molar-refractivity contribution is 5.69. The van der Waals surface area contributed by atoms with E-state index < -0.39 is 17.2 Å². The number of ether oxygens (including phenoxy) is 3. The lowest BCUT2D eigenvalue weighted by Crippen LogP contribution is -2.76. The van der Waals surface area contributed by atoms with Crippen LogP contribution in [0, 0.1) is 11.8 Å². The first-order chi connectivity index (χ1) is 22.0. The molecule has 6 rings (SSSR count). The first-order valence-electron chi connectivity index (χ1n) is 18.8. The molecule has 3 fully saturated rings. The molecule has 6 heteroatoms. The molecular formula is C39H59NO5. The first kappa shape index (κ1) is 32.9. The van der Waals surface area contributed by atoms with Crippen LogP contribution in [0.15, 0.2) is 24.3 Å².